The first kappa shape index (κ1) is 12.0. The van der Waals surface area contributed by atoms with Gasteiger partial charge in [0.2, 0.25) is 0 Å². The van der Waals surface area contributed by atoms with Gasteiger partial charge in [-0.05, 0) is 31.1 Å². The van der Waals surface area contributed by atoms with E-state index >= 15 is 0 Å². The molecule has 2 aliphatic rings. The molecule has 2 heterocycles. The normalized spacial score (nSPS) is 20.6. The molecule has 1 aliphatic carbocycles. The summed E-state index contributed by atoms with van der Waals surface area (Å²) in [4.78, 5) is 10.9. The van der Waals surface area contributed by atoms with Gasteiger partial charge in [-0.25, -0.2) is 13.8 Å². The Morgan fingerprint density at radius 1 is 1.05 bits per heavy atom. The van der Waals surface area contributed by atoms with Gasteiger partial charge >= 0.3 is 0 Å². The minimum absolute atomic E-state index is 0.394. The number of aromatic nitrogens is 2. The third-order valence-electron chi connectivity index (χ3n) is 4.51. The smallest absolute Gasteiger partial charge is 0.161 e. The van der Waals surface area contributed by atoms with Crippen molar-refractivity contribution in [2.24, 2.45) is 5.41 Å². The number of anilines is 1. The fraction of sp³-hybridized carbons (Fsp3) is 0.467. The zero-order valence-corrected chi connectivity index (χ0v) is 11.1. The van der Waals surface area contributed by atoms with Gasteiger partial charge in [0.25, 0.3) is 0 Å². The largest absolute Gasteiger partial charge is 0.355 e. The average molecular weight is 275 g/mol. The van der Waals surface area contributed by atoms with Gasteiger partial charge < -0.3 is 4.90 Å². The zero-order chi connectivity index (χ0) is 13.7. The molecule has 0 amide bonds. The van der Waals surface area contributed by atoms with E-state index in [1.54, 1.807) is 6.20 Å². The number of piperidine rings is 1. The minimum Gasteiger partial charge on any atom is -0.355 e. The third-order valence-corrected chi connectivity index (χ3v) is 4.51. The molecule has 20 heavy (non-hydrogen) atoms. The highest BCUT2D eigenvalue weighted by molar-refractivity contribution is 5.75. The molecule has 2 fully saturated rings. The van der Waals surface area contributed by atoms with E-state index in [0.29, 0.717) is 16.4 Å². The molecule has 5 heteroatoms. The summed E-state index contributed by atoms with van der Waals surface area (Å²) in [7, 11) is 0. The Bertz CT molecular complexity index is 682. The summed E-state index contributed by atoms with van der Waals surface area (Å²) in [6.45, 7) is 1.97. The van der Waals surface area contributed by atoms with Crippen LogP contribution in [0.4, 0.5) is 14.6 Å². The van der Waals surface area contributed by atoms with Gasteiger partial charge in [0.05, 0.1) is 17.2 Å². The molecule has 1 spiro atoms. The molecule has 0 radical (unpaired) electrons. The third kappa shape index (κ3) is 1.92. The van der Waals surface area contributed by atoms with Crippen molar-refractivity contribution in [3.05, 3.63) is 30.0 Å². The molecular formula is C15H15F2N3. The number of hydrogen-bond acceptors (Lipinski definition) is 3. The zero-order valence-electron chi connectivity index (χ0n) is 11.1. The minimum atomic E-state index is -0.880. The summed E-state index contributed by atoms with van der Waals surface area (Å²) in [5, 5.41) is 0. The van der Waals surface area contributed by atoms with Crippen molar-refractivity contribution in [1.82, 2.24) is 9.97 Å². The van der Waals surface area contributed by atoms with Gasteiger partial charge in [-0.3, -0.25) is 4.98 Å². The monoisotopic (exact) mass is 275 g/mol. The van der Waals surface area contributed by atoms with E-state index in [1.807, 2.05) is 0 Å². The van der Waals surface area contributed by atoms with Crippen molar-refractivity contribution in [2.45, 2.75) is 25.7 Å². The van der Waals surface area contributed by atoms with E-state index < -0.39 is 11.6 Å². The van der Waals surface area contributed by atoms with E-state index in [0.717, 1.165) is 37.5 Å². The Morgan fingerprint density at radius 3 is 2.55 bits per heavy atom. The molecule has 1 aromatic heterocycles. The lowest BCUT2D eigenvalue weighted by molar-refractivity contribution is 0.393. The quantitative estimate of drug-likeness (QED) is 0.799. The Balaban J connectivity index is 1.71. The van der Waals surface area contributed by atoms with Gasteiger partial charge in [0.15, 0.2) is 11.6 Å². The Kier molecular flexibility index (Phi) is 2.46. The highest BCUT2D eigenvalue weighted by Crippen LogP contribution is 2.52. The van der Waals surface area contributed by atoms with Crippen LogP contribution < -0.4 is 4.90 Å². The lowest BCUT2D eigenvalue weighted by Crippen LogP contribution is -2.37. The summed E-state index contributed by atoms with van der Waals surface area (Å²) in [5.74, 6) is -0.981. The molecule has 104 valence electrons. The van der Waals surface area contributed by atoms with Gasteiger partial charge in [-0.15, -0.1) is 0 Å². The molecule has 0 unspecified atom stereocenters. The van der Waals surface area contributed by atoms with Crippen molar-refractivity contribution in [2.75, 3.05) is 18.0 Å². The molecule has 0 bridgehead atoms. The summed E-state index contributed by atoms with van der Waals surface area (Å²) < 4.78 is 26.5. The second-order valence-corrected chi connectivity index (χ2v) is 6.01. The summed E-state index contributed by atoms with van der Waals surface area (Å²) in [5.41, 5.74) is 1.30. The predicted octanol–water partition coefficient (Wildman–Crippen LogP) is 3.29. The summed E-state index contributed by atoms with van der Waals surface area (Å²) in [6.07, 6.45) is 6.72. The Morgan fingerprint density at radius 2 is 1.80 bits per heavy atom. The van der Waals surface area contributed by atoms with Crippen LogP contribution in [0.15, 0.2) is 18.3 Å². The Hall–Kier alpha value is -1.78. The van der Waals surface area contributed by atoms with Crippen LogP contribution in [0.2, 0.25) is 0 Å². The van der Waals surface area contributed by atoms with Gasteiger partial charge in [-0.1, -0.05) is 0 Å². The highest BCUT2D eigenvalue weighted by atomic mass is 19.2. The van der Waals surface area contributed by atoms with E-state index in [1.165, 1.54) is 19.3 Å². The maximum Gasteiger partial charge on any atom is 0.161 e. The van der Waals surface area contributed by atoms with Gasteiger partial charge in [0.1, 0.15) is 5.82 Å². The van der Waals surface area contributed by atoms with Crippen LogP contribution in [0, 0.1) is 17.0 Å². The molecule has 2 aromatic rings. The number of nitrogens with zero attached hydrogens (tertiary/aromatic N) is 3. The summed E-state index contributed by atoms with van der Waals surface area (Å²) in [6, 6.07) is 2.22. The molecule has 1 saturated heterocycles. The number of hydrogen-bond donors (Lipinski definition) is 0. The van der Waals surface area contributed by atoms with E-state index in [-0.39, 0.29) is 0 Å². The second-order valence-electron chi connectivity index (χ2n) is 6.01. The molecule has 4 rings (SSSR count). The van der Waals surface area contributed by atoms with Crippen LogP contribution in [0.25, 0.3) is 11.0 Å². The lowest BCUT2D eigenvalue weighted by Gasteiger charge is -2.33. The van der Waals surface area contributed by atoms with Crippen LogP contribution in [0.5, 0.6) is 0 Å². The van der Waals surface area contributed by atoms with Crippen molar-refractivity contribution in [3.8, 4) is 0 Å². The first-order valence-corrected chi connectivity index (χ1v) is 7.02. The van der Waals surface area contributed by atoms with Gasteiger partial charge in [0, 0.05) is 25.2 Å². The van der Waals surface area contributed by atoms with Crippen molar-refractivity contribution in [1.29, 1.82) is 0 Å². The SMILES string of the molecule is Fc1cc2ncc(N3CCCC4(CC4)C3)nc2cc1F. The molecule has 1 aromatic carbocycles. The predicted molar refractivity (Wildman–Crippen MR) is 72.6 cm³/mol. The fourth-order valence-electron chi connectivity index (χ4n) is 3.14. The number of rotatable bonds is 1. The van der Waals surface area contributed by atoms with E-state index in [2.05, 4.69) is 14.9 Å². The maximum absolute atomic E-state index is 13.3. The molecule has 0 N–H and O–H groups in total. The second kappa shape index (κ2) is 4.11. The van der Waals surface area contributed by atoms with Crippen LogP contribution in [-0.4, -0.2) is 23.1 Å². The number of fused-ring (bicyclic) bond motifs is 1. The van der Waals surface area contributed by atoms with E-state index in [4.69, 9.17) is 0 Å². The number of benzene rings is 1. The lowest BCUT2D eigenvalue weighted by atomic mass is 9.95. The molecular weight excluding hydrogens is 260 g/mol. The van der Waals surface area contributed by atoms with E-state index in [9.17, 15) is 8.78 Å². The first-order chi connectivity index (χ1) is 9.65. The summed E-state index contributed by atoms with van der Waals surface area (Å²) >= 11 is 0. The Labute approximate surface area is 115 Å². The highest BCUT2D eigenvalue weighted by Gasteiger charge is 2.45. The molecule has 1 aliphatic heterocycles. The molecule has 3 nitrogen and oxygen atoms in total. The topological polar surface area (TPSA) is 29.0 Å². The fourth-order valence-corrected chi connectivity index (χ4v) is 3.14. The standard InChI is InChI=1S/C15H15F2N3/c16-10-6-12-13(7-11(10)17)19-14(8-18-12)20-5-1-2-15(9-20)3-4-15/h6-8H,1-5,9H2. The van der Waals surface area contributed by atoms with Crippen molar-refractivity contribution >= 4 is 16.9 Å². The van der Waals surface area contributed by atoms with Crippen molar-refractivity contribution < 1.29 is 8.78 Å². The van der Waals surface area contributed by atoms with Crippen LogP contribution >= 0.6 is 0 Å². The molecule has 1 saturated carbocycles. The van der Waals surface area contributed by atoms with Gasteiger partial charge in [-0.2, -0.15) is 0 Å². The van der Waals surface area contributed by atoms with Crippen LogP contribution in [-0.2, 0) is 0 Å². The number of halogens is 2. The van der Waals surface area contributed by atoms with Crippen LogP contribution in [0.3, 0.4) is 0 Å². The molecule has 0 atom stereocenters. The first-order valence-electron chi connectivity index (χ1n) is 7.02. The van der Waals surface area contributed by atoms with Crippen molar-refractivity contribution in [3.63, 3.8) is 0 Å². The van der Waals surface area contributed by atoms with Crippen LogP contribution in [0.1, 0.15) is 25.7 Å². The average Bonchev–Trinajstić information content (AvgIpc) is 3.18. The maximum atomic E-state index is 13.3.